The van der Waals surface area contributed by atoms with Crippen molar-refractivity contribution in [2.45, 2.75) is 19.8 Å². The van der Waals surface area contributed by atoms with E-state index in [1.807, 2.05) is 0 Å². The number of esters is 2. The highest BCUT2D eigenvalue weighted by atomic mass is 35.5. The Morgan fingerprint density at radius 2 is 1.93 bits per heavy atom. The van der Waals surface area contributed by atoms with Crippen molar-refractivity contribution in [1.82, 2.24) is 0 Å². The standard InChI is InChI=1S/C8H8O5.ClH/c1-4-5(2-3-6(9)10)8(12)13-7(4)11;/h2-3H2,1H3,(H,9,10);1H. The average Bonchev–Trinajstić information content (AvgIpc) is 2.24. The van der Waals surface area contributed by atoms with Gasteiger partial charge in [0.25, 0.3) is 0 Å². The minimum absolute atomic E-state index is 0. The molecule has 0 saturated heterocycles. The average molecular weight is 221 g/mol. The van der Waals surface area contributed by atoms with Gasteiger partial charge >= 0.3 is 17.9 Å². The molecule has 1 N–H and O–H groups in total. The maximum absolute atomic E-state index is 10.9. The summed E-state index contributed by atoms with van der Waals surface area (Å²) in [5.41, 5.74) is 0.388. The van der Waals surface area contributed by atoms with E-state index >= 15 is 0 Å². The van der Waals surface area contributed by atoms with Crippen molar-refractivity contribution in [3.8, 4) is 0 Å². The molecule has 5 nitrogen and oxygen atoms in total. The van der Waals surface area contributed by atoms with Crippen LogP contribution in [0.2, 0.25) is 0 Å². The summed E-state index contributed by atoms with van der Waals surface area (Å²) in [5, 5.41) is 8.35. The molecule has 0 aromatic heterocycles. The molecule has 14 heavy (non-hydrogen) atoms. The van der Waals surface area contributed by atoms with Crippen LogP contribution in [0.1, 0.15) is 19.8 Å². The number of aliphatic carboxylic acids is 1. The van der Waals surface area contributed by atoms with Crippen molar-refractivity contribution in [3.05, 3.63) is 11.1 Å². The van der Waals surface area contributed by atoms with Crippen LogP contribution in [0.3, 0.4) is 0 Å². The minimum atomic E-state index is -1.01. The topological polar surface area (TPSA) is 80.7 Å². The van der Waals surface area contributed by atoms with E-state index in [4.69, 9.17) is 5.11 Å². The second kappa shape index (κ2) is 4.76. The number of ether oxygens (including phenoxy) is 1. The SMILES string of the molecule is CC1=C(CCC(=O)O)C(=O)OC1=O.Cl. The van der Waals surface area contributed by atoms with Gasteiger partial charge in [-0.15, -0.1) is 12.4 Å². The molecule has 0 aliphatic carbocycles. The number of hydrogen-bond acceptors (Lipinski definition) is 4. The highest BCUT2D eigenvalue weighted by Crippen LogP contribution is 2.20. The number of rotatable bonds is 3. The number of cyclic esters (lactones) is 2. The fraction of sp³-hybridized carbons (Fsp3) is 0.375. The Hall–Kier alpha value is -1.36. The summed E-state index contributed by atoms with van der Waals surface area (Å²) in [6.07, 6.45) is -0.124. The van der Waals surface area contributed by atoms with Crippen LogP contribution in [0.4, 0.5) is 0 Å². The van der Waals surface area contributed by atoms with E-state index in [0.717, 1.165) is 0 Å². The van der Waals surface area contributed by atoms with E-state index in [0.29, 0.717) is 0 Å². The number of carbonyl (C=O) groups excluding carboxylic acids is 2. The van der Waals surface area contributed by atoms with Gasteiger partial charge in [0, 0.05) is 17.6 Å². The van der Waals surface area contributed by atoms with Gasteiger partial charge in [0.05, 0.1) is 0 Å². The van der Waals surface area contributed by atoms with E-state index in [1.54, 1.807) is 0 Å². The highest BCUT2D eigenvalue weighted by molar-refractivity contribution is 6.12. The third kappa shape index (κ3) is 2.56. The fourth-order valence-corrected chi connectivity index (χ4v) is 1.02. The third-order valence-corrected chi connectivity index (χ3v) is 1.78. The normalized spacial score (nSPS) is 15.2. The van der Waals surface area contributed by atoms with Crippen LogP contribution in [-0.4, -0.2) is 23.0 Å². The molecule has 1 aliphatic heterocycles. The largest absolute Gasteiger partial charge is 0.481 e. The van der Waals surface area contributed by atoms with Crippen LogP contribution in [0.25, 0.3) is 0 Å². The molecule has 1 aliphatic rings. The van der Waals surface area contributed by atoms with E-state index in [-0.39, 0.29) is 36.4 Å². The summed E-state index contributed by atoms with van der Waals surface area (Å²) in [5.74, 6) is -2.40. The van der Waals surface area contributed by atoms with Crippen LogP contribution in [0, 0.1) is 0 Å². The lowest BCUT2D eigenvalue weighted by molar-refractivity contribution is -0.151. The van der Waals surface area contributed by atoms with Gasteiger partial charge in [0.2, 0.25) is 0 Å². The van der Waals surface area contributed by atoms with E-state index in [1.165, 1.54) is 6.92 Å². The summed E-state index contributed by atoms with van der Waals surface area (Å²) in [4.78, 5) is 31.9. The molecule has 78 valence electrons. The Morgan fingerprint density at radius 3 is 2.29 bits per heavy atom. The molecule has 0 radical (unpaired) electrons. The third-order valence-electron chi connectivity index (χ3n) is 1.78. The summed E-state index contributed by atoms with van der Waals surface area (Å²) in [6, 6.07) is 0. The first kappa shape index (κ1) is 12.6. The molecule has 1 heterocycles. The fourth-order valence-electron chi connectivity index (χ4n) is 1.02. The van der Waals surface area contributed by atoms with Gasteiger partial charge in [-0.25, -0.2) is 9.59 Å². The van der Waals surface area contributed by atoms with Crippen molar-refractivity contribution in [2.24, 2.45) is 0 Å². The van der Waals surface area contributed by atoms with Crippen LogP contribution in [-0.2, 0) is 19.1 Å². The van der Waals surface area contributed by atoms with Gasteiger partial charge in [-0.3, -0.25) is 4.79 Å². The van der Waals surface area contributed by atoms with Crippen molar-refractivity contribution in [3.63, 3.8) is 0 Å². The summed E-state index contributed by atoms with van der Waals surface area (Å²) >= 11 is 0. The molecule has 0 fully saturated rings. The van der Waals surface area contributed by atoms with Crippen LogP contribution in [0.5, 0.6) is 0 Å². The Kier molecular flexibility index (Phi) is 4.30. The van der Waals surface area contributed by atoms with Crippen LogP contribution >= 0.6 is 12.4 Å². The summed E-state index contributed by atoms with van der Waals surface area (Å²) in [6.45, 7) is 1.45. The summed E-state index contributed by atoms with van der Waals surface area (Å²) < 4.78 is 4.27. The lowest BCUT2D eigenvalue weighted by atomic mass is 10.1. The molecule has 0 spiro atoms. The number of hydrogen-bond donors (Lipinski definition) is 1. The summed E-state index contributed by atoms with van der Waals surface area (Å²) in [7, 11) is 0. The van der Waals surface area contributed by atoms with Crippen LogP contribution in [0.15, 0.2) is 11.1 Å². The monoisotopic (exact) mass is 220 g/mol. The van der Waals surface area contributed by atoms with E-state index in [2.05, 4.69) is 4.74 Å². The van der Waals surface area contributed by atoms with Crippen molar-refractivity contribution in [1.29, 1.82) is 0 Å². The van der Waals surface area contributed by atoms with Gasteiger partial charge in [0.1, 0.15) is 0 Å². The number of carboxylic acid groups (broad SMARTS) is 1. The number of halogens is 1. The van der Waals surface area contributed by atoms with Gasteiger partial charge < -0.3 is 9.84 Å². The molecule has 6 heteroatoms. The minimum Gasteiger partial charge on any atom is -0.481 e. The van der Waals surface area contributed by atoms with Gasteiger partial charge in [-0.2, -0.15) is 0 Å². The maximum atomic E-state index is 10.9. The first-order chi connectivity index (χ1) is 6.02. The smallest absolute Gasteiger partial charge is 0.342 e. The molecule has 0 atom stereocenters. The second-order valence-corrected chi connectivity index (χ2v) is 2.67. The van der Waals surface area contributed by atoms with Crippen molar-refractivity contribution >= 4 is 30.3 Å². The molecule has 0 aromatic carbocycles. The Balaban J connectivity index is 0.00000169. The first-order valence-corrected chi connectivity index (χ1v) is 3.70. The van der Waals surface area contributed by atoms with Gasteiger partial charge in [0.15, 0.2) is 0 Å². The van der Waals surface area contributed by atoms with E-state index < -0.39 is 17.9 Å². The van der Waals surface area contributed by atoms with Crippen molar-refractivity contribution < 1.29 is 24.2 Å². The van der Waals surface area contributed by atoms with Gasteiger partial charge in [-0.1, -0.05) is 0 Å². The lowest BCUT2D eigenvalue weighted by Crippen LogP contribution is -2.03. The zero-order valence-electron chi connectivity index (χ0n) is 7.40. The molecular weight excluding hydrogens is 212 g/mol. The first-order valence-electron chi connectivity index (χ1n) is 3.70. The molecule has 0 unspecified atom stereocenters. The lowest BCUT2D eigenvalue weighted by Gasteiger charge is -1.94. The predicted octanol–water partition coefficient (Wildman–Crippen LogP) is 0.673. The molecular formula is C8H9ClO5. The Labute approximate surface area is 86.1 Å². The van der Waals surface area contributed by atoms with E-state index in [9.17, 15) is 14.4 Å². The highest BCUT2D eigenvalue weighted by Gasteiger charge is 2.29. The zero-order valence-corrected chi connectivity index (χ0v) is 8.22. The van der Waals surface area contributed by atoms with Gasteiger partial charge in [-0.05, 0) is 13.3 Å². The van der Waals surface area contributed by atoms with Crippen molar-refractivity contribution in [2.75, 3.05) is 0 Å². The number of carboxylic acids is 1. The Morgan fingerprint density at radius 1 is 1.36 bits per heavy atom. The quantitative estimate of drug-likeness (QED) is 0.559. The Bertz CT molecular complexity index is 318. The molecule has 0 bridgehead atoms. The number of carbonyl (C=O) groups is 3. The van der Waals surface area contributed by atoms with Crippen LogP contribution < -0.4 is 0 Å². The molecule has 0 amide bonds. The zero-order chi connectivity index (χ0) is 10.0. The predicted molar refractivity (Wildman–Crippen MR) is 47.9 cm³/mol. The maximum Gasteiger partial charge on any atom is 0.342 e. The molecule has 0 saturated carbocycles. The molecule has 0 aromatic rings. The second-order valence-electron chi connectivity index (χ2n) is 2.67. The molecule has 1 rings (SSSR count).